The van der Waals surface area contributed by atoms with Crippen LogP contribution in [0.2, 0.25) is 0 Å². The minimum atomic E-state index is -0.198. The molecule has 5 aromatic carbocycles. The molecule has 1 unspecified atom stereocenters. The number of aromatic nitrogens is 1. The quantitative estimate of drug-likeness (QED) is 0.137. The highest BCUT2D eigenvalue weighted by Crippen LogP contribution is 2.62. The summed E-state index contributed by atoms with van der Waals surface area (Å²) < 4.78 is 0. The number of amidine groups is 1. The summed E-state index contributed by atoms with van der Waals surface area (Å²) in [6, 6.07) is 42.4. The summed E-state index contributed by atoms with van der Waals surface area (Å²) in [6.45, 7) is 23.7. The van der Waals surface area contributed by atoms with Crippen LogP contribution in [0.1, 0.15) is 125 Å². The normalized spacial score (nSPS) is 19.1. The first-order valence-corrected chi connectivity index (χ1v) is 20.4. The SMILES string of the molecule is CC1(C)c2ccccc2-c2ccc(C(N)=NC(Cc3ccc(-c4ccc5c(c4)C(C)(C)C(C)(C)C5(C)C)nc3)c3ccc4c(c3)C(C)(C)c3ccccc3-4)cc21. The summed E-state index contributed by atoms with van der Waals surface area (Å²) in [4.78, 5) is 10.5. The fourth-order valence-corrected chi connectivity index (χ4v) is 10.4. The molecule has 0 bridgehead atoms. The number of benzene rings is 5. The lowest BCUT2D eigenvalue weighted by molar-refractivity contribution is 0.125. The highest BCUT2D eigenvalue weighted by Gasteiger charge is 2.56. The van der Waals surface area contributed by atoms with Crippen molar-refractivity contribution in [1.29, 1.82) is 0 Å². The predicted octanol–water partition coefficient (Wildman–Crippen LogP) is 12.6. The van der Waals surface area contributed by atoms with E-state index in [1.807, 2.05) is 6.20 Å². The van der Waals surface area contributed by atoms with Crippen LogP contribution in [0.15, 0.2) is 126 Å². The van der Waals surface area contributed by atoms with Gasteiger partial charge in [0.25, 0.3) is 0 Å². The fraction of sp³-hybridized carbons (Fsp3) is 0.321. The number of nitrogens with two attached hydrogens (primary N) is 1. The number of fused-ring (bicyclic) bond motifs is 7. The van der Waals surface area contributed by atoms with Gasteiger partial charge in [0.2, 0.25) is 0 Å². The smallest absolute Gasteiger partial charge is 0.126 e. The van der Waals surface area contributed by atoms with Gasteiger partial charge in [-0.15, -0.1) is 0 Å². The Labute approximate surface area is 334 Å². The standard InChI is InChI=1S/C53H55N3/c1-49(2)40-17-13-11-15-36(40)38-23-20-34(28-43(38)49)47(56-48(54)35-21-24-39-37-16-12-14-18-41(37)50(3,4)44(39)30-35)27-32-19-26-46(55-31-32)33-22-25-42-45(29-33)52(7,8)53(9,10)51(42,5)6/h11-26,28-31,47H,27H2,1-10H3,(H2,54,56). The molecule has 3 nitrogen and oxygen atoms in total. The lowest BCUT2D eigenvalue weighted by Crippen LogP contribution is -2.42. The van der Waals surface area contributed by atoms with Crippen molar-refractivity contribution >= 4 is 5.84 Å². The molecule has 1 aromatic heterocycles. The largest absolute Gasteiger partial charge is 0.383 e. The van der Waals surface area contributed by atoms with Crippen LogP contribution in [0, 0.1) is 5.41 Å². The van der Waals surface area contributed by atoms with E-state index in [1.165, 1.54) is 55.6 Å². The van der Waals surface area contributed by atoms with Crippen molar-refractivity contribution in [3.05, 3.63) is 172 Å². The zero-order chi connectivity index (χ0) is 39.6. The summed E-state index contributed by atoms with van der Waals surface area (Å²) >= 11 is 0. The Bertz CT molecular complexity index is 2600. The van der Waals surface area contributed by atoms with Crippen molar-refractivity contribution in [2.45, 2.75) is 103 Å². The van der Waals surface area contributed by atoms with E-state index in [9.17, 15) is 0 Å². The minimum absolute atomic E-state index is 0.0390. The van der Waals surface area contributed by atoms with Crippen molar-refractivity contribution in [2.75, 3.05) is 0 Å². The van der Waals surface area contributed by atoms with Gasteiger partial charge in [-0.3, -0.25) is 9.98 Å². The van der Waals surface area contributed by atoms with Crippen LogP contribution in [0.4, 0.5) is 0 Å². The maximum atomic E-state index is 7.05. The average Bonchev–Trinajstić information content (AvgIpc) is 3.60. The first-order valence-electron chi connectivity index (χ1n) is 20.4. The molecular weight excluding hydrogens is 679 g/mol. The van der Waals surface area contributed by atoms with E-state index < -0.39 is 0 Å². The van der Waals surface area contributed by atoms with E-state index in [1.54, 1.807) is 0 Å². The molecule has 6 aromatic rings. The summed E-state index contributed by atoms with van der Waals surface area (Å²) in [5, 5.41) is 0. The number of pyridine rings is 1. The molecule has 3 heteroatoms. The maximum Gasteiger partial charge on any atom is 0.126 e. The molecule has 0 amide bonds. The molecule has 2 N–H and O–H groups in total. The number of nitrogens with zero attached hydrogens (tertiary/aromatic N) is 2. The third kappa shape index (κ3) is 5.08. The Balaban J connectivity index is 1.08. The zero-order valence-corrected chi connectivity index (χ0v) is 34.8. The minimum Gasteiger partial charge on any atom is -0.383 e. The molecule has 1 atom stereocenters. The van der Waals surface area contributed by atoms with Crippen molar-refractivity contribution in [3.63, 3.8) is 0 Å². The van der Waals surface area contributed by atoms with Crippen molar-refractivity contribution in [3.8, 4) is 33.5 Å². The molecule has 0 saturated carbocycles. The molecule has 9 rings (SSSR count). The molecule has 0 spiro atoms. The van der Waals surface area contributed by atoms with Gasteiger partial charge in [0, 0.05) is 34.6 Å². The number of hydrogen-bond donors (Lipinski definition) is 1. The average molecular weight is 734 g/mol. The molecule has 0 fully saturated rings. The maximum absolute atomic E-state index is 7.05. The van der Waals surface area contributed by atoms with Gasteiger partial charge >= 0.3 is 0 Å². The van der Waals surface area contributed by atoms with E-state index in [0.29, 0.717) is 12.3 Å². The van der Waals surface area contributed by atoms with Crippen LogP contribution >= 0.6 is 0 Å². The molecule has 3 aliphatic carbocycles. The third-order valence-electron chi connectivity index (χ3n) is 15.2. The van der Waals surface area contributed by atoms with Crippen molar-refractivity contribution in [2.24, 2.45) is 16.1 Å². The highest BCUT2D eigenvalue weighted by molar-refractivity contribution is 5.99. The summed E-state index contributed by atoms with van der Waals surface area (Å²) in [5.41, 5.74) is 25.9. The Morgan fingerprint density at radius 3 is 1.75 bits per heavy atom. The van der Waals surface area contributed by atoms with Gasteiger partial charge < -0.3 is 5.73 Å². The number of rotatable bonds is 6. The van der Waals surface area contributed by atoms with Gasteiger partial charge in [-0.1, -0.05) is 166 Å². The van der Waals surface area contributed by atoms with Crippen LogP contribution in [0.5, 0.6) is 0 Å². The predicted molar refractivity (Wildman–Crippen MR) is 235 cm³/mol. The van der Waals surface area contributed by atoms with Gasteiger partial charge in [-0.05, 0) is 101 Å². The van der Waals surface area contributed by atoms with E-state index in [-0.39, 0.29) is 33.1 Å². The molecule has 0 saturated heterocycles. The lowest BCUT2D eigenvalue weighted by Gasteiger charge is -2.44. The zero-order valence-electron chi connectivity index (χ0n) is 34.8. The van der Waals surface area contributed by atoms with E-state index >= 15 is 0 Å². The van der Waals surface area contributed by atoms with Gasteiger partial charge in [0.05, 0.1) is 11.7 Å². The second kappa shape index (κ2) is 12.1. The Morgan fingerprint density at radius 1 is 0.554 bits per heavy atom. The van der Waals surface area contributed by atoms with Crippen LogP contribution in [0.3, 0.4) is 0 Å². The molecule has 3 aliphatic rings. The summed E-state index contributed by atoms with van der Waals surface area (Å²) in [6.07, 6.45) is 2.73. The van der Waals surface area contributed by atoms with Gasteiger partial charge in [-0.25, -0.2) is 0 Å². The fourth-order valence-electron chi connectivity index (χ4n) is 10.4. The second-order valence-electron chi connectivity index (χ2n) is 19.3. The molecule has 0 radical (unpaired) electrons. The van der Waals surface area contributed by atoms with Crippen LogP contribution in [-0.2, 0) is 28.1 Å². The topological polar surface area (TPSA) is 51.3 Å². The Morgan fingerprint density at radius 2 is 1.12 bits per heavy atom. The van der Waals surface area contributed by atoms with Gasteiger partial charge in [0.15, 0.2) is 0 Å². The van der Waals surface area contributed by atoms with Crippen molar-refractivity contribution in [1.82, 2.24) is 4.98 Å². The van der Waals surface area contributed by atoms with Gasteiger partial charge in [-0.2, -0.15) is 0 Å². The Hall–Kier alpha value is -5.28. The summed E-state index contributed by atoms with van der Waals surface area (Å²) in [5.74, 6) is 0.559. The number of aliphatic imine (C=N–C) groups is 1. The molecule has 0 aliphatic heterocycles. The monoisotopic (exact) mass is 733 g/mol. The molecule has 1 heterocycles. The van der Waals surface area contributed by atoms with E-state index in [4.69, 9.17) is 15.7 Å². The lowest BCUT2D eigenvalue weighted by atomic mass is 9.59. The second-order valence-corrected chi connectivity index (χ2v) is 19.3. The molecule has 56 heavy (non-hydrogen) atoms. The Kier molecular flexibility index (Phi) is 7.86. The van der Waals surface area contributed by atoms with Crippen LogP contribution in [0.25, 0.3) is 33.5 Å². The third-order valence-corrected chi connectivity index (χ3v) is 15.2. The number of hydrogen-bond acceptors (Lipinski definition) is 2. The van der Waals surface area contributed by atoms with E-state index in [2.05, 4.69) is 184 Å². The van der Waals surface area contributed by atoms with Gasteiger partial charge in [0.1, 0.15) is 5.84 Å². The first kappa shape index (κ1) is 36.4. The van der Waals surface area contributed by atoms with Crippen LogP contribution in [-0.4, -0.2) is 10.8 Å². The molecule has 282 valence electrons. The molecular formula is C53H55N3. The van der Waals surface area contributed by atoms with E-state index in [0.717, 1.165) is 27.9 Å². The summed E-state index contributed by atoms with van der Waals surface area (Å²) in [7, 11) is 0. The van der Waals surface area contributed by atoms with Crippen molar-refractivity contribution < 1.29 is 0 Å². The highest BCUT2D eigenvalue weighted by atomic mass is 14.9. The van der Waals surface area contributed by atoms with Crippen LogP contribution < -0.4 is 5.73 Å². The first-order chi connectivity index (χ1) is 26.4.